The van der Waals surface area contributed by atoms with Crippen molar-refractivity contribution in [3.8, 4) is 22.3 Å². The lowest BCUT2D eigenvalue weighted by atomic mass is 9.42. The van der Waals surface area contributed by atoms with Gasteiger partial charge in [-0.25, -0.2) is 0 Å². The van der Waals surface area contributed by atoms with Crippen LogP contribution in [0.4, 0.5) is 28.4 Å². The molecule has 2 aliphatic heterocycles. The minimum Gasteiger partial charge on any atom is -0.376 e. The summed E-state index contributed by atoms with van der Waals surface area (Å²) in [6, 6.07) is 38.2. The summed E-state index contributed by atoms with van der Waals surface area (Å²) in [5.74, 6) is 0. The maximum Gasteiger partial charge on any atom is 0.333 e. The first-order chi connectivity index (χ1) is 32.9. The van der Waals surface area contributed by atoms with Gasteiger partial charge in [-0.2, -0.15) is 0 Å². The van der Waals surface area contributed by atoms with E-state index in [4.69, 9.17) is 0 Å². The molecule has 6 aromatic rings. The van der Waals surface area contributed by atoms with Crippen molar-refractivity contribution in [2.75, 3.05) is 9.71 Å². The SMILES string of the molecule is Cc1cc2c(cc1N1c3cc4c(cc3B3c5c(cc(C(C)(C)C)cc51)-c1cc5c(cc1N3c1ccc3c(c1)C(C)(C)CCC3(C)C)C(C)(C)CCC5(C)C)-c1ccccc1C4(C)C)C(C)(C)CCC2(C)C. The zero-order valence-corrected chi connectivity index (χ0v) is 46.9. The van der Waals surface area contributed by atoms with Crippen LogP contribution in [0.5, 0.6) is 0 Å². The smallest absolute Gasteiger partial charge is 0.333 e. The van der Waals surface area contributed by atoms with Crippen molar-refractivity contribution in [1.82, 2.24) is 0 Å². The van der Waals surface area contributed by atoms with E-state index in [1.54, 1.807) is 0 Å². The molecule has 0 bridgehead atoms. The van der Waals surface area contributed by atoms with Gasteiger partial charge in [0, 0.05) is 39.4 Å². The fourth-order valence-corrected chi connectivity index (χ4v) is 14.9. The number of hydrogen-bond donors (Lipinski definition) is 0. The van der Waals surface area contributed by atoms with Gasteiger partial charge in [0.2, 0.25) is 0 Å². The predicted molar refractivity (Wildman–Crippen MR) is 307 cm³/mol. The van der Waals surface area contributed by atoms with Crippen molar-refractivity contribution in [3.05, 3.63) is 147 Å². The van der Waals surface area contributed by atoms with Gasteiger partial charge in [-0.1, -0.05) is 166 Å². The third-order valence-corrected chi connectivity index (χ3v) is 20.1. The lowest BCUT2D eigenvalue weighted by Crippen LogP contribution is -2.62. The predicted octanol–water partition coefficient (Wildman–Crippen LogP) is 17.4. The first-order valence-electron chi connectivity index (χ1n) is 27.5. The van der Waals surface area contributed by atoms with Crippen molar-refractivity contribution >= 4 is 46.2 Å². The lowest BCUT2D eigenvalue weighted by molar-refractivity contribution is 0.332. The average molecular weight is 937 g/mol. The molecule has 0 unspecified atom stereocenters. The van der Waals surface area contributed by atoms with Crippen molar-refractivity contribution in [2.45, 2.75) is 206 Å². The molecule has 0 atom stereocenters. The molecule has 0 N–H and O–H groups in total. The summed E-state index contributed by atoms with van der Waals surface area (Å²) in [6.07, 6.45) is 7.13. The van der Waals surface area contributed by atoms with E-state index in [0.717, 1.165) is 0 Å². The molecule has 0 amide bonds. The van der Waals surface area contributed by atoms with Crippen molar-refractivity contribution < 1.29 is 0 Å². The topological polar surface area (TPSA) is 6.48 Å². The Bertz CT molecular complexity index is 3300. The van der Waals surface area contributed by atoms with Crippen LogP contribution in [-0.4, -0.2) is 6.85 Å². The maximum atomic E-state index is 2.85. The van der Waals surface area contributed by atoms with E-state index < -0.39 is 0 Å². The van der Waals surface area contributed by atoms with E-state index in [-0.39, 0.29) is 50.2 Å². The van der Waals surface area contributed by atoms with Gasteiger partial charge in [-0.3, -0.25) is 0 Å². The molecule has 366 valence electrons. The van der Waals surface area contributed by atoms with Gasteiger partial charge in [0.15, 0.2) is 0 Å². The van der Waals surface area contributed by atoms with Crippen LogP contribution in [0.2, 0.25) is 0 Å². The van der Waals surface area contributed by atoms with E-state index in [1.165, 1.54) is 156 Å². The standard InChI is InChI=1S/C68H81BN2/c1-40-31-50-53(66(13,14)29-27-63(50,7)8)38-56(40)70-58-37-49-44(43-21-19-20-22-47(43)68(49,17)18)36-55(58)69-60-46(32-41(33-59(60)70)61(2,3)4)45-35-52-54(67(15,16)30-28-65(52,11)12)39-57(45)71(69)42-23-24-48-51(34-42)64(9,10)26-25-62(48,5)6/h19-24,31-39H,25-30H2,1-18H3. The number of aryl methyl sites for hydroxylation is 1. The molecular weight excluding hydrogens is 856 g/mol. The molecule has 2 heterocycles. The van der Waals surface area contributed by atoms with Crippen molar-refractivity contribution in [2.24, 2.45) is 0 Å². The quantitative estimate of drug-likeness (QED) is 0.160. The summed E-state index contributed by atoms with van der Waals surface area (Å²) in [6.45, 7) is 44.4. The fourth-order valence-electron chi connectivity index (χ4n) is 14.9. The Morgan fingerprint density at radius 2 is 0.915 bits per heavy atom. The Morgan fingerprint density at radius 3 is 1.51 bits per heavy atom. The van der Waals surface area contributed by atoms with Crippen molar-refractivity contribution in [3.63, 3.8) is 0 Å². The largest absolute Gasteiger partial charge is 0.376 e. The third-order valence-electron chi connectivity index (χ3n) is 20.1. The second-order valence-electron chi connectivity index (χ2n) is 29.1. The van der Waals surface area contributed by atoms with Crippen LogP contribution in [0.1, 0.15) is 212 Å². The zero-order valence-electron chi connectivity index (χ0n) is 46.9. The first-order valence-corrected chi connectivity index (χ1v) is 27.5. The molecule has 12 rings (SSSR count). The summed E-state index contributed by atoms with van der Waals surface area (Å²) in [4.78, 5) is 5.63. The summed E-state index contributed by atoms with van der Waals surface area (Å²) < 4.78 is 0. The molecule has 6 aliphatic rings. The number of fused-ring (bicyclic) bond motifs is 10. The maximum absolute atomic E-state index is 2.85. The number of benzene rings is 6. The molecule has 3 heteroatoms. The van der Waals surface area contributed by atoms with Gasteiger partial charge in [-0.15, -0.1) is 0 Å². The van der Waals surface area contributed by atoms with Crippen LogP contribution < -0.4 is 20.6 Å². The number of nitrogens with zero attached hydrogens (tertiary/aromatic N) is 2. The van der Waals surface area contributed by atoms with Crippen LogP contribution in [0, 0.1) is 6.92 Å². The molecule has 2 nitrogen and oxygen atoms in total. The average Bonchev–Trinajstić information content (AvgIpc) is 3.52. The highest BCUT2D eigenvalue weighted by atomic mass is 15.2. The molecule has 4 aliphatic carbocycles. The minimum absolute atomic E-state index is 0.0514. The summed E-state index contributed by atoms with van der Waals surface area (Å²) in [5.41, 5.74) is 29.9. The molecule has 0 aromatic heterocycles. The molecule has 6 aromatic carbocycles. The summed E-state index contributed by atoms with van der Waals surface area (Å²) >= 11 is 0. The van der Waals surface area contributed by atoms with E-state index >= 15 is 0 Å². The molecule has 0 saturated heterocycles. The van der Waals surface area contributed by atoms with Crippen LogP contribution in [0.15, 0.2) is 91.0 Å². The van der Waals surface area contributed by atoms with Gasteiger partial charge >= 0.3 is 6.85 Å². The van der Waals surface area contributed by atoms with Gasteiger partial charge in [0.1, 0.15) is 0 Å². The second-order valence-corrected chi connectivity index (χ2v) is 29.1. The Kier molecular flexibility index (Phi) is 9.53. The Hall–Kier alpha value is -5.02. The van der Waals surface area contributed by atoms with Crippen LogP contribution >= 0.6 is 0 Å². The van der Waals surface area contributed by atoms with Crippen LogP contribution in [0.25, 0.3) is 22.3 Å². The molecule has 71 heavy (non-hydrogen) atoms. The molecular formula is C68H81BN2. The van der Waals surface area contributed by atoms with Gasteiger partial charge in [0.25, 0.3) is 0 Å². The van der Waals surface area contributed by atoms with Crippen molar-refractivity contribution in [1.29, 1.82) is 0 Å². The van der Waals surface area contributed by atoms with E-state index in [0.29, 0.717) is 0 Å². The third kappa shape index (κ3) is 6.58. The summed E-state index contributed by atoms with van der Waals surface area (Å²) in [5, 5.41) is 0. The van der Waals surface area contributed by atoms with E-state index in [9.17, 15) is 0 Å². The number of hydrogen-bond acceptors (Lipinski definition) is 2. The van der Waals surface area contributed by atoms with Gasteiger partial charge < -0.3 is 9.71 Å². The fraction of sp³-hybridized carbons (Fsp3) is 0.471. The highest BCUT2D eigenvalue weighted by Crippen LogP contribution is 2.58. The lowest BCUT2D eigenvalue weighted by Gasteiger charge is -2.50. The molecule has 0 spiro atoms. The monoisotopic (exact) mass is 937 g/mol. The Balaban J connectivity index is 1.26. The van der Waals surface area contributed by atoms with E-state index in [1.807, 2.05) is 0 Å². The van der Waals surface area contributed by atoms with Gasteiger partial charge in [0.05, 0.1) is 0 Å². The normalized spacial score (nSPS) is 21.5. The summed E-state index contributed by atoms with van der Waals surface area (Å²) in [7, 11) is 0. The Morgan fingerprint density at radius 1 is 0.408 bits per heavy atom. The second kappa shape index (κ2) is 14.4. The molecule has 0 saturated carbocycles. The van der Waals surface area contributed by atoms with Crippen LogP contribution in [0.3, 0.4) is 0 Å². The first kappa shape index (κ1) is 47.0. The Labute approximate surface area is 429 Å². The minimum atomic E-state index is -0.157. The number of rotatable bonds is 2. The highest BCUT2D eigenvalue weighted by molar-refractivity contribution is 6.93. The number of anilines is 5. The molecule has 0 fully saturated rings. The van der Waals surface area contributed by atoms with Crippen LogP contribution in [-0.2, 0) is 43.3 Å². The van der Waals surface area contributed by atoms with Gasteiger partial charge in [-0.05, 0) is 209 Å². The van der Waals surface area contributed by atoms with E-state index in [2.05, 4.69) is 225 Å². The zero-order chi connectivity index (χ0) is 50.7. The highest BCUT2D eigenvalue weighted by Gasteiger charge is 2.51. The molecule has 0 radical (unpaired) electrons.